The van der Waals surface area contributed by atoms with Crippen molar-refractivity contribution in [3.8, 4) is 0 Å². The Balaban J connectivity index is 2.10. The molecule has 1 aromatic rings. The molecule has 1 saturated heterocycles. The summed E-state index contributed by atoms with van der Waals surface area (Å²) in [6, 6.07) is 8.76. The Morgan fingerprint density at radius 3 is 2.31 bits per heavy atom. The van der Waals surface area contributed by atoms with Gasteiger partial charge in [-0.05, 0) is 0 Å². The summed E-state index contributed by atoms with van der Waals surface area (Å²) in [7, 11) is 0. The van der Waals surface area contributed by atoms with Gasteiger partial charge in [-0.3, -0.25) is 0 Å². The molecule has 0 aromatic heterocycles. The molecule has 0 N–H and O–H groups in total. The Bertz CT molecular complexity index is 267. The topological polar surface area (TPSA) is 12.5 Å². The van der Waals surface area contributed by atoms with E-state index in [1.54, 1.807) is 16.9 Å². The van der Waals surface area contributed by atoms with E-state index in [-0.39, 0.29) is 0 Å². The van der Waals surface area contributed by atoms with Crippen molar-refractivity contribution >= 4 is 26.9 Å². The van der Waals surface area contributed by atoms with Gasteiger partial charge in [0, 0.05) is 0 Å². The molecule has 1 heterocycles. The van der Waals surface area contributed by atoms with E-state index in [0.29, 0.717) is 0 Å². The van der Waals surface area contributed by atoms with Gasteiger partial charge in [0.25, 0.3) is 0 Å². The van der Waals surface area contributed by atoms with Gasteiger partial charge in [-0.15, -0.1) is 0 Å². The predicted molar refractivity (Wildman–Crippen MR) is 57.7 cm³/mol. The molecule has 0 radical (unpaired) electrons. The molecule has 1 unspecified atom stereocenters. The van der Waals surface area contributed by atoms with Crippen molar-refractivity contribution in [2.24, 2.45) is 0 Å². The molecule has 3 heteroatoms. The standard InChI is InChI=1S/C10H14AsNO/c11-9-1-3-10(4-2-9)12-5-7-13-8-6-12/h1-4H,5-8,11H2. The molecular formula is C10H14AsNO. The van der Waals surface area contributed by atoms with Crippen LogP contribution in [-0.2, 0) is 4.74 Å². The molecule has 2 nitrogen and oxygen atoms in total. The number of benzene rings is 1. The van der Waals surface area contributed by atoms with E-state index in [0.717, 1.165) is 26.3 Å². The van der Waals surface area contributed by atoms with E-state index in [1.807, 2.05) is 0 Å². The predicted octanol–water partition coefficient (Wildman–Crippen LogP) is -0.218. The second kappa shape index (κ2) is 4.17. The number of hydrogen-bond donors (Lipinski definition) is 0. The number of rotatable bonds is 1. The monoisotopic (exact) mass is 239 g/mol. The van der Waals surface area contributed by atoms with Crippen LogP contribution in [0.25, 0.3) is 0 Å². The van der Waals surface area contributed by atoms with Crippen LogP contribution in [-0.4, -0.2) is 43.2 Å². The summed E-state index contributed by atoms with van der Waals surface area (Å²) in [6.07, 6.45) is 0. The number of morpholine rings is 1. The van der Waals surface area contributed by atoms with Crippen molar-refractivity contribution in [2.45, 2.75) is 0 Å². The summed E-state index contributed by atoms with van der Waals surface area (Å²) in [5.41, 5.74) is 1.32. The van der Waals surface area contributed by atoms with E-state index in [4.69, 9.17) is 4.74 Å². The molecule has 0 bridgehead atoms. The Morgan fingerprint density at radius 1 is 1.08 bits per heavy atom. The minimum absolute atomic E-state index is 0.859. The third-order valence-corrected chi connectivity index (χ3v) is 3.08. The van der Waals surface area contributed by atoms with Gasteiger partial charge in [0.15, 0.2) is 0 Å². The average Bonchev–Trinajstić information content (AvgIpc) is 2.20. The van der Waals surface area contributed by atoms with Crippen LogP contribution >= 0.6 is 0 Å². The van der Waals surface area contributed by atoms with Crippen LogP contribution in [0.5, 0.6) is 0 Å². The second-order valence-electron chi connectivity index (χ2n) is 3.19. The van der Waals surface area contributed by atoms with Gasteiger partial charge in [0.2, 0.25) is 0 Å². The fourth-order valence-corrected chi connectivity index (χ4v) is 1.91. The molecule has 13 heavy (non-hydrogen) atoms. The van der Waals surface area contributed by atoms with Gasteiger partial charge in [-0.1, -0.05) is 0 Å². The fourth-order valence-electron chi connectivity index (χ4n) is 1.51. The maximum atomic E-state index is 5.31. The van der Waals surface area contributed by atoms with Crippen LogP contribution in [0.4, 0.5) is 5.69 Å². The third-order valence-electron chi connectivity index (χ3n) is 2.27. The fraction of sp³-hybridized carbons (Fsp3) is 0.400. The van der Waals surface area contributed by atoms with Crippen LogP contribution in [0.15, 0.2) is 24.3 Å². The Labute approximate surface area is 87.4 Å². The summed E-state index contributed by atoms with van der Waals surface area (Å²) >= 11 is 1.68. The maximum absolute atomic E-state index is 5.31. The summed E-state index contributed by atoms with van der Waals surface area (Å²) in [5, 5.41) is 0. The Kier molecular flexibility index (Phi) is 2.92. The first-order valence-electron chi connectivity index (χ1n) is 4.54. The first-order chi connectivity index (χ1) is 6.36. The first-order valence-corrected chi connectivity index (χ1v) is 5.75. The number of ether oxygens (including phenoxy) is 1. The van der Waals surface area contributed by atoms with Crippen molar-refractivity contribution in [1.82, 2.24) is 0 Å². The molecule has 70 valence electrons. The Hall–Kier alpha value is -0.462. The van der Waals surface area contributed by atoms with E-state index < -0.39 is 0 Å². The van der Waals surface area contributed by atoms with E-state index >= 15 is 0 Å². The molecule has 2 rings (SSSR count). The third kappa shape index (κ3) is 2.26. The van der Waals surface area contributed by atoms with E-state index in [9.17, 15) is 0 Å². The summed E-state index contributed by atoms with van der Waals surface area (Å²) < 4.78 is 6.69. The zero-order valence-corrected chi connectivity index (χ0v) is 9.99. The van der Waals surface area contributed by atoms with Crippen molar-refractivity contribution in [1.29, 1.82) is 0 Å². The quantitative estimate of drug-likeness (QED) is 0.628. The van der Waals surface area contributed by atoms with Crippen LogP contribution in [0.3, 0.4) is 0 Å². The van der Waals surface area contributed by atoms with Gasteiger partial charge < -0.3 is 0 Å². The van der Waals surface area contributed by atoms with Gasteiger partial charge in [0.05, 0.1) is 0 Å². The normalized spacial score (nSPS) is 17.5. The van der Waals surface area contributed by atoms with E-state index in [1.165, 1.54) is 10.0 Å². The number of anilines is 1. The number of hydrogen-bond acceptors (Lipinski definition) is 2. The van der Waals surface area contributed by atoms with Crippen LogP contribution < -0.4 is 9.25 Å². The minimum atomic E-state index is 0.859. The van der Waals surface area contributed by atoms with Crippen molar-refractivity contribution in [2.75, 3.05) is 31.2 Å². The van der Waals surface area contributed by atoms with Crippen LogP contribution in [0.2, 0.25) is 0 Å². The van der Waals surface area contributed by atoms with Gasteiger partial charge in [-0.2, -0.15) is 0 Å². The van der Waals surface area contributed by atoms with Gasteiger partial charge in [0.1, 0.15) is 0 Å². The Morgan fingerprint density at radius 2 is 1.69 bits per heavy atom. The van der Waals surface area contributed by atoms with Gasteiger partial charge >= 0.3 is 87.1 Å². The van der Waals surface area contributed by atoms with Crippen molar-refractivity contribution in [3.05, 3.63) is 24.3 Å². The summed E-state index contributed by atoms with van der Waals surface area (Å²) in [4.78, 5) is 2.37. The number of nitrogens with zero attached hydrogens (tertiary/aromatic N) is 1. The molecule has 0 aliphatic carbocycles. The molecule has 1 aromatic carbocycles. The molecule has 0 amide bonds. The molecule has 0 saturated carbocycles. The zero-order valence-electron chi connectivity index (χ0n) is 7.57. The summed E-state index contributed by atoms with van der Waals surface area (Å²) in [5.74, 6) is 0. The molecule has 1 aliphatic rings. The van der Waals surface area contributed by atoms with Crippen molar-refractivity contribution in [3.63, 3.8) is 0 Å². The molecule has 1 aliphatic heterocycles. The zero-order chi connectivity index (χ0) is 9.10. The van der Waals surface area contributed by atoms with Gasteiger partial charge in [-0.25, -0.2) is 0 Å². The molecule has 1 fully saturated rings. The summed E-state index contributed by atoms with van der Waals surface area (Å²) in [6.45, 7) is 3.76. The van der Waals surface area contributed by atoms with Crippen molar-refractivity contribution < 1.29 is 4.74 Å². The van der Waals surface area contributed by atoms with E-state index in [2.05, 4.69) is 29.2 Å². The molecule has 0 spiro atoms. The van der Waals surface area contributed by atoms with Crippen LogP contribution in [0, 0.1) is 0 Å². The second-order valence-corrected chi connectivity index (χ2v) is 4.59. The average molecular weight is 239 g/mol. The van der Waals surface area contributed by atoms with Crippen LogP contribution in [0.1, 0.15) is 0 Å². The first kappa shape index (κ1) is 9.11. The molecule has 1 atom stereocenters. The molecular weight excluding hydrogens is 225 g/mol. The SMILES string of the molecule is [AsH2]c1ccc(N2CCOCC2)cc1.